The second kappa shape index (κ2) is 6.16. The van der Waals surface area contributed by atoms with Crippen molar-refractivity contribution in [1.29, 1.82) is 0 Å². The highest BCUT2D eigenvalue weighted by atomic mass is 32.2. The third-order valence-corrected chi connectivity index (χ3v) is 6.67. The van der Waals surface area contributed by atoms with Crippen molar-refractivity contribution in [2.45, 2.75) is 36.3 Å². The lowest BCUT2D eigenvalue weighted by atomic mass is 9.96. The number of hydrogen-bond donors (Lipinski definition) is 1. The molecule has 4 nitrogen and oxygen atoms in total. The first-order valence-corrected chi connectivity index (χ1v) is 8.79. The normalized spacial score (nSPS) is 13.5. The van der Waals surface area contributed by atoms with Crippen LogP contribution in [0.1, 0.15) is 37.8 Å². The number of aliphatic carboxylic acids is 1. The van der Waals surface area contributed by atoms with Gasteiger partial charge < -0.3 is 5.11 Å². The number of benzene rings is 2. The van der Waals surface area contributed by atoms with Crippen LogP contribution >= 0.6 is 0 Å². The summed E-state index contributed by atoms with van der Waals surface area (Å²) in [6, 6.07) is 15.1. The number of sulfone groups is 1. The third kappa shape index (κ3) is 3.15. The zero-order valence-corrected chi connectivity index (χ0v) is 14.2. The molecule has 2 aromatic rings. The van der Waals surface area contributed by atoms with Crippen molar-refractivity contribution in [2.24, 2.45) is 0 Å². The Hall–Kier alpha value is -2.14. The van der Waals surface area contributed by atoms with Crippen LogP contribution in [0.25, 0.3) is 0 Å². The molecule has 2 aromatic carbocycles. The fourth-order valence-electron chi connectivity index (χ4n) is 2.37. The van der Waals surface area contributed by atoms with Gasteiger partial charge in [0.2, 0.25) is 0 Å². The molecule has 0 amide bonds. The Morgan fingerprint density at radius 3 is 2.00 bits per heavy atom. The van der Waals surface area contributed by atoms with E-state index in [-0.39, 0.29) is 4.90 Å². The van der Waals surface area contributed by atoms with Gasteiger partial charge in [-0.2, -0.15) is 0 Å². The molecule has 122 valence electrons. The fraction of sp³-hybridized carbons (Fsp3) is 0.278. The molecule has 0 saturated heterocycles. The van der Waals surface area contributed by atoms with Crippen LogP contribution in [0.15, 0.2) is 59.5 Å². The van der Waals surface area contributed by atoms with E-state index in [0.717, 1.165) is 0 Å². The molecule has 0 bridgehead atoms. The number of carbonyl (C=O) groups is 1. The van der Waals surface area contributed by atoms with Crippen LogP contribution in [0.5, 0.6) is 0 Å². The van der Waals surface area contributed by atoms with E-state index in [1.54, 1.807) is 75.4 Å². The summed E-state index contributed by atoms with van der Waals surface area (Å²) in [5, 5.41) is 9.05. The molecule has 0 radical (unpaired) electrons. The van der Waals surface area contributed by atoms with E-state index in [0.29, 0.717) is 11.1 Å². The highest BCUT2D eigenvalue weighted by Crippen LogP contribution is 2.35. The Bertz CT molecular complexity index is 791. The molecular formula is C18H20O4S. The molecule has 0 saturated carbocycles. The second-order valence-electron chi connectivity index (χ2n) is 6.01. The molecule has 0 aromatic heterocycles. The van der Waals surface area contributed by atoms with Gasteiger partial charge in [0.25, 0.3) is 0 Å². The minimum atomic E-state index is -3.56. The molecule has 0 heterocycles. The molecule has 1 atom stereocenters. The summed E-state index contributed by atoms with van der Waals surface area (Å²) in [6.45, 7) is 4.92. The van der Waals surface area contributed by atoms with Gasteiger partial charge in [-0.1, -0.05) is 42.5 Å². The van der Waals surface area contributed by atoms with Gasteiger partial charge in [0.1, 0.15) is 0 Å². The smallest absolute Gasteiger partial charge is 0.310 e. The van der Waals surface area contributed by atoms with E-state index in [1.807, 2.05) is 0 Å². The zero-order chi connectivity index (χ0) is 17.3. The molecule has 1 N–H and O–H groups in total. The highest BCUT2D eigenvalue weighted by molar-refractivity contribution is 7.92. The first-order valence-electron chi connectivity index (χ1n) is 7.31. The van der Waals surface area contributed by atoms with Crippen molar-refractivity contribution in [3.63, 3.8) is 0 Å². The average molecular weight is 332 g/mol. The van der Waals surface area contributed by atoms with E-state index in [1.165, 1.54) is 0 Å². The van der Waals surface area contributed by atoms with Gasteiger partial charge >= 0.3 is 5.97 Å². The van der Waals surface area contributed by atoms with Gasteiger partial charge in [0, 0.05) is 0 Å². The number of hydrogen-bond acceptors (Lipinski definition) is 3. The standard InChI is InChI=1S/C18H20O4S/c1-13(17(19)20)14-9-11-15(12-10-14)18(2,3)23(21,22)16-7-5-4-6-8-16/h4-13H,1-3H3,(H,19,20). The summed E-state index contributed by atoms with van der Waals surface area (Å²) in [5.74, 6) is -1.54. The lowest BCUT2D eigenvalue weighted by molar-refractivity contribution is -0.138. The van der Waals surface area contributed by atoms with Crippen molar-refractivity contribution in [3.8, 4) is 0 Å². The van der Waals surface area contributed by atoms with Crippen LogP contribution in [0.2, 0.25) is 0 Å². The number of rotatable bonds is 5. The maximum Gasteiger partial charge on any atom is 0.310 e. The van der Waals surface area contributed by atoms with E-state index >= 15 is 0 Å². The first-order chi connectivity index (χ1) is 10.7. The Kier molecular flexibility index (Phi) is 4.61. The summed E-state index contributed by atoms with van der Waals surface area (Å²) in [6.07, 6.45) is 0. The van der Waals surface area contributed by atoms with Crippen LogP contribution in [0.4, 0.5) is 0 Å². The molecule has 0 fully saturated rings. The SMILES string of the molecule is CC(C(=O)O)c1ccc(C(C)(C)S(=O)(=O)c2ccccc2)cc1. The molecule has 5 heteroatoms. The van der Waals surface area contributed by atoms with Crippen molar-refractivity contribution in [3.05, 3.63) is 65.7 Å². The first kappa shape index (κ1) is 17.2. The maximum absolute atomic E-state index is 12.9. The van der Waals surface area contributed by atoms with Crippen LogP contribution in [-0.4, -0.2) is 19.5 Å². The van der Waals surface area contributed by atoms with E-state index < -0.39 is 26.5 Å². The second-order valence-corrected chi connectivity index (χ2v) is 8.51. The summed E-state index contributed by atoms with van der Waals surface area (Å²) in [4.78, 5) is 11.3. The summed E-state index contributed by atoms with van der Waals surface area (Å²) >= 11 is 0. The van der Waals surface area contributed by atoms with Crippen LogP contribution in [-0.2, 0) is 19.4 Å². The molecule has 0 spiro atoms. The van der Waals surface area contributed by atoms with E-state index in [2.05, 4.69) is 0 Å². The van der Waals surface area contributed by atoms with Gasteiger partial charge in [-0.3, -0.25) is 4.79 Å². The summed E-state index contributed by atoms with van der Waals surface area (Å²) in [5.41, 5.74) is 1.27. The Morgan fingerprint density at radius 1 is 1.00 bits per heavy atom. The number of carboxylic acid groups (broad SMARTS) is 1. The topological polar surface area (TPSA) is 71.4 Å². The molecule has 2 rings (SSSR count). The van der Waals surface area contributed by atoms with Gasteiger partial charge in [-0.15, -0.1) is 0 Å². The largest absolute Gasteiger partial charge is 0.481 e. The third-order valence-electron chi connectivity index (χ3n) is 4.20. The molecule has 23 heavy (non-hydrogen) atoms. The summed E-state index contributed by atoms with van der Waals surface area (Å²) < 4.78 is 24.7. The molecule has 0 aliphatic rings. The molecular weight excluding hydrogens is 312 g/mol. The van der Waals surface area contributed by atoms with Gasteiger partial charge in [0.15, 0.2) is 9.84 Å². The van der Waals surface area contributed by atoms with Gasteiger partial charge in [0.05, 0.1) is 15.6 Å². The summed E-state index contributed by atoms with van der Waals surface area (Å²) in [7, 11) is -3.56. The zero-order valence-electron chi connectivity index (χ0n) is 13.4. The minimum Gasteiger partial charge on any atom is -0.481 e. The monoisotopic (exact) mass is 332 g/mol. The molecule has 0 aliphatic carbocycles. The Morgan fingerprint density at radius 2 is 1.52 bits per heavy atom. The van der Waals surface area contributed by atoms with Crippen molar-refractivity contribution in [2.75, 3.05) is 0 Å². The predicted octanol–water partition coefficient (Wildman–Crippen LogP) is 3.58. The highest BCUT2D eigenvalue weighted by Gasteiger charge is 2.37. The molecule has 0 aliphatic heterocycles. The van der Waals surface area contributed by atoms with E-state index in [9.17, 15) is 13.2 Å². The van der Waals surface area contributed by atoms with E-state index in [4.69, 9.17) is 5.11 Å². The predicted molar refractivity (Wildman–Crippen MR) is 89.1 cm³/mol. The van der Waals surface area contributed by atoms with Crippen LogP contribution < -0.4 is 0 Å². The van der Waals surface area contributed by atoms with Crippen LogP contribution in [0, 0.1) is 0 Å². The quantitative estimate of drug-likeness (QED) is 0.908. The van der Waals surface area contributed by atoms with Crippen molar-refractivity contribution >= 4 is 15.8 Å². The number of carboxylic acids is 1. The molecule has 1 unspecified atom stereocenters. The minimum absolute atomic E-state index is 0.271. The van der Waals surface area contributed by atoms with Crippen LogP contribution in [0.3, 0.4) is 0 Å². The van der Waals surface area contributed by atoms with Gasteiger partial charge in [-0.05, 0) is 44.0 Å². The van der Waals surface area contributed by atoms with Gasteiger partial charge in [-0.25, -0.2) is 8.42 Å². The lowest BCUT2D eigenvalue weighted by Gasteiger charge is -2.26. The maximum atomic E-state index is 12.9. The van der Waals surface area contributed by atoms with Crippen molar-refractivity contribution in [1.82, 2.24) is 0 Å². The Balaban J connectivity index is 2.42. The fourth-order valence-corrected chi connectivity index (χ4v) is 3.92. The Labute approximate surface area is 136 Å². The lowest BCUT2D eigenvalue weighted by Crippen LogP contribution is -2.29. The van der Waals surface area contributed by atoms with Crippen molar-refractivity contribution < 1.29 is 18.3 Å². The average Bonchev–Trinajstić information content (AvgIpc) is 2.54.